The van der Waals surface area contributed by atoms with E-state index in [0.717, 1.165) is 22.5 Å². The van der Waals surface area contributed by atoms with E-state index in [0.29, 0.717) is 5.82 Å². The van der Waals surface area contributed by atoms with E-state index in [2.05, 4.69) is 63.5 Å². The summed E-state index contributed by atoms with van der Waals surface area (Å²) >= 11 is 0. The maximum atomic E-state index is 12.7. The predicted molar refractivity (Wildman–Crippen MR) is 114 cm³/mol. The number of nitrogens with zero attached hydrogens (tertiary/aromatic N) is 2. The number of rotatable bonds is 4. The number of hydrogen-bond acceptors (Lipinski definition) is 3. The van der Waals surface area contributed by atoms with Crippen molar-refractivity contribution in [2.75, 3.05) is 4.72 Å². The first-order chi connectivity index (χ1) is 13.0. The molecule has 0 radical (unpaired) electrons. The Morgan fingerprint density at radius 1 is 0.929 bits per heavy atom. The van der Waals surface area contributed by atoms with Gasteiger partial charge in [-0.2, -0.15) is 0 Å². The van der Waals surface area contributed by atoms with Crippen molar-refractivity contribution < 1.29 is 8.42 Å². The zero-order valence-electron chi connectivity index (χ0n) is 17.2. The Hall–Kier alpha value is -2.60. The standard InChI is InChI=1S/C22H27N3O2S/c1-15-12-16(2)21(17(3)13-15)25-19(22(4,5)6)14-20(23-25)24-28(26,27)18-10-8-7-9-11-18/h7-14H,1-6H3,(H,23,24). The Bertz CT molecular complexity index is 1090. The number of aryl methyl sites for hydroxylation is 3. The van der Waals surface area contributed by atoms with Crippen molar-refractivity contribution in [2.45, 2.75) is 51.9 Å². The molecule has 0 saturated heterocycles. The second-order valence-corrected chi connectivity index (χ2v) is 9.92. The molecule has 0 fully saturated rings. The maximum Gasteiger partial charge on any atom is 0.263 e. The lowest BCUT2D eigenvalue weighted by Gasteiger charge is -2.22. The molecule has 0 saturated carbocycles. The van der Waals surface area contributed by atoms with E-state index >= 15 is 0 Å². The van der Waals surface area contributed by atoms with Gasteiger partial charge in [0.15, 0.2) is 5.82 Å². The largest absolute Gasteiger partial charge is 0.263 e. The first kappa shape index (κ1) is 20.1. The van der Waals surface area contributed by atoms with Gasteiger partial charge < -0.3 is 0 Å². The SMILES string of the molecule is Cc1cc(C)c(-n2nc(NS(=O)(=O)c3ccccc3)cc2C(C)(C)C)c(C)c1. The number of benzene rings is 2. The third kappa shape index (κ3) is 3.97. The molecule has 6 heteroatoms. The lowest BCUT2D eigenvalue weighted by molar-refractivity contribution is 0.543. The highest BCUT2D eigenvalue weighted by Crippen LogP contribution is 2.31. The Morgan fingerprint density at radius 2 is 1.50 bits per heavy atom. The molecule has 1 heterocycles. The number of anilines is 1. The van der Waals surface area contributed by atoms with E-state index in [-0.39, 0.29) is 10.3 Å². The van der Waals surface area contributed by atoms with Crippen molar-refractivity contribution in [2.24, 2.45) is 0 Å². The second kappa shape index (κ2) is 7.09. The fraction of sp³-hybridized carbons (Fsp3) is 0.318. The van der Waals surface area contributed by atoms with E-state index in [1.54, 1.807) is 30.3 Å². The Morgan fingerprint density at radius 3 is 2.04 bits per heavy atom. The summed E-state index contributed by atoms with van der Waals surface area (Å²) in [5.74, 6) is 0.313. The molecular weight excluding hydrogens is 370 g/mol. The lowest BCUT2D eigenvalue weighted by Crippen LogP contribution is -2.18. The van der Waals surface area contributed by atoms with Gasteiger partial charge in [-0.15, -0.1) is 5.10 Å². The number of sulfonamides is 1. The molecule has 5 nitrogen and oxygen atoms in total. The van der Waals surface area contributed by atoms with Gasteiger partial charge in [0, 0.05) is 11.5 Å². The van der Waals surface area contributed by atoms with E-state index in [4.69, 9.17) is 0 Å². The fourth-order valence-corrected chi connectivity index (χ4v) is 4.45. The Kier molecular flexibility index (Phi) is 5.10. The molecule has 0 unspecified atom stereocenters. The second-order valence-electron chi connectivity index (χ2n) is 8.24. The van der Waals surface area contributed by atoms with Gasteiger partial charge in [0.25, 0.3) is 10.0 Å². The summed E-state index contributed by atoms with van der Waals surface area (Å²) in [5.41, 5.74) is 5.10. The van der Waals surface area contributed by atoms with Crippen LogP contribution in [0.15, 0.2) is 53.4 Å². The van der Waals surface area contributed by atoms with Gasteiger partial charge in [0.05, 0.1) is 16.3 Å². The summed E-state index contributed by atoms with van der Waals surface area (Å²) in [6, 6.07) is 14.4. The van der Waals surface area contributed by atoms with Gasteiger partial charge in [-0.3, -0.25) is 4.72 Å². The van der Waals surface area contributed by atoms with Gasteiger partial charge in [-0.25, -0.2) is 13.1 Å². The van der Waals surface area contributed by atoms with Crippen LogP contribution in [-0.4, -0.2) is 18.2 Å². The summed E-state index contributed by atoms with van der Waals surface area (Å²) in [6.07, 6.45) is 0. The highest BCUT2D eigenvalue weighted by atomic mass is 32.2. The van der Waals surface area contributed by atoms with Crippen LogP contribution in [0, 0.1) is 20.8 Å². The molecule has 28 heavy (non-hydrogen) atoms. The molecule has 0 atom stereocenters. The van der Waals surface area contributed by atoms with E-state index in [1.807, 2.05) is 10.7 Å². The van der Waals surface area contributed by atoms with Crippen LogP contribution in [-0.2, 0) is 15.4 Å². The van der Waals surface area contributed by atoms with Crippen LogP contribution in [0.3, 0.4) is 0 Å². The molecular formula is C22H27N3O2S. The molecule has 0 amide bonds. The van der Waals surface area contributed by atoms with Gasteiger partial charge in [-0.1, -0.05) is 56.7 Å². The van der Waals surface area contributed by atoms with Crippen LogP contribution in [0.2, 0.25) is 0 Å². The van der Waals surface area contributed by atoms with Crippen LogP contribution in [0.5, 0.6) is 0 Å². The van der Waals surface area contributed by atoms with E-state index in [1.165, 1.54) is 5.56 Å². The van der Waals surface area contributed by atoms with Crippen LogP contribution in [0.4, 0.5) is 5.82 Å². The lowest BCUT2D eigenvalue weighted by atomic mass is 9.91. The molecule has 0 aliphatic heterocycles. The third-order valence-electron chi connectivity index (χ3n) is 4.62. The van der Waals surface area contributed by atoms with E-state index in [9.17, 15) is 8.42 Å². The van der Waals surface area contributed by atoms with Crippen molar-refractivity contribution in [3.8, 4) is 5.69 Å². The average Bonchev–Trinajstić information content (AvgIpc) is 2.97. The smallest absolute Gasteiger partial charge is 0.262 e. The van der Waals surface area contributed by atoms with Crippen LogP contribution >= 0.6 is 0 Å². The molecule has 0 bridgehead atoms. The van der Waals surface area contributed by atoms with Crippen molar-refractivity contribution >= 4 is 15.8 Å². The Balaban J connectivity index is 2.13. The van der Waals surface area contributed by atoms with Gasteiger partial charge in [-0.05, 0) is 44.0 Å². The summed E-state index contributed by atoms with van der Waals surface area (Å²) in [4.78, 5) is 0.213. The van der Waals surface area contributed by atoms with Crippen molar-refractivity contribution in [1.82, 2.24) is 9.78 Å². The van der Waals surface area contributed by atoms with Crippen LogP contribution < -0.4 is 4.72 Å². The van der Waals surface area contributed by atoms with Gasteiger partial charge >= 0.3 is 0 Å². The quantitative estimate of drug-likeness (QED) is 0.681. The molecule has 148 valence electrons. The van der Waals surface area contributed by atoms with Crippen molar-refractivity contribution in [1.29, 1.82) is 0 Å². The number of hydrogen-bond donors (Lipinski definition) is 1. The summed E-state index contributed by atoms with van der Waals surface area (Å²) in [7, 11) is -3.70. The number of aromatic nitrogens is 2. The summed E-state index contributed by atoms with van der Waals surface area (Å²) in [6.45, 7) is 12.4. The minimum atomic E-state index is -3.70. The zero-order valence-corrected chi connectivity index (χ0v) is 18.1. The molecule has 2 aromatic carbocycles. The first-order valence-electron chi connectivity index (χ1n) is 9.26. The molecule has 0 aliphatic rings. The zero-order chi connectivity index (χ0) is 20.7. The number of nitrogens with one attached hydrogen (secondary N) is 1. The monoisotopic (exact) mass is 397 g/mol. The third-order valence-corrected chi connectivity index (χ3v) is 5.99. The normalized spacial score (nSPS) is 12.2. The van der Waals surface area contributed by atoms with Gasteiger partial charge in [0.2, 0.25) is 0 Å². The molecule has 0 aliphatic carbocycles. The first-order valence-corrected chi connectivity index (χ1v) is 10.7. The van der Waals surface area contributed by atoms with Crippen LogP contribution in [0.25, 0.3) is 5.69 Å². The van der Waals surface area contributed by atoms with Gasteiger partial charge in [0.1, 0.15) is 0 Å². The van der Waals surface area contributed by atoms with Crippen LogP contribution in [0.1, 0.15) is 43.2 Å². The molecule has 0 spiro atoms. The summed E-state index contributed by atoms with van der Waals surface area (Å²) < 4.78 is 29.9. The minimum Gasteiger partial charge on any atom is -0.262 e. The topological polar surface area (TPSA) is 64.0 Å². The highest BCUT2D eigenvalue weighted by Gasteiger charge is 2.25. The fourth-order valence-electron chi connectivity index (χ4n) is 3.44. The van der Waals surface area contributed by atoms with E-state index < -0.39 is 10.0 Å². The minimum absolute atomic E-state index is 0.213. The Labute approximate surface area is 167 Å². The molecule has 1 aromatic heterocycles. The molecule has 1 N–H and O–H groups in total. The summed E-state index contributed by atoms with van der Waals surface area (Å²) in [5, 5.41) is 4.64. The molecule has 3 aromatic rings. The average molecular weight is 398 g/mol. The highest BCUT2D eigenvalue weighted by molar-refractivity contribution is 7.92. The molecule has 3 rings (SSSR count). The maximum absolute atomic E-state index is 12.7. The van der Waals surface area contributed by atoms with Crippen molar-refractivity contribution in [3.05, 3.63) is 70.9 Å². The van der Waals surface area contributed by atoms with Crippen molar-refractivity contribution in [3.63, 3.8) is 0 Å². The predicted octanol–water partition coefficient (Wildman–Crippen LogP) is 4.90.